The lowest BCUT2D eigenvalue weighted by Gasteiger charge is -2.19. The second-order valence-electron chi connectivity index (χ2n) is 6.09. The second-order valence-corrected chi connectivity index (χ2v) is 7.25. The van der Waals surface area contributed by atoms with Gasteiger partial charge in [0.1, 0.15) is 5.75 Å². The average Bonchev–Trinajstić information content (AvgIpc) is 2.47. The van der Waals surface area contributed by atoms with Crippen LogP contribution >= 0.6 is 22.6 Å². The van der Waals surface area contributed by atoms with E-state index in [0.29, 0.717) is 5.75 Å². The molecule has 2 aromatic rings. The maximum absolute atomic E-state index is 11.9. The largest absolute Gasteiger partial charge is 0.484 e. The quantitative estimate of drug-likeness (QED) is 0.750. The standard InChI is InChI=1S/C18H20INO2/c1-18(2,3)13-8-10-14(11-9-13)22-12-17(21)20-16-7-5-4-6-15(16)19/h4-11H,12H2,1-3H3,(H,20,21). The Kier molecular flexibility index (Phi) is 5.45. The molecule has 0 unspecified atom stereocenters. The second kappa shape index (κ2) is 7.13. The van der Waals surface area contributed by atoms with Gasteiger partial charge in [-0.05, 0) is 57.8 Å². The van der Waals surface area contributed by atoms with E-state index < -0.39 is 0 Å². The molecule has 0 bridgehead atoms. The van der Waals surface area contributed by atoms with Gasteiger partial charge < -0.3 is 10.1 Å². The molecular formula is C18H20INO2. The van der Waals surface area contributed by atoms with Crippen molar-refractivity contribution >= 4 is 34.2 Å². The van der Waals surface area contributed by atoms with Crippen LogP contribution in [0.1, 0.15) is 26.3 Å². The molecule has 0 aliphatic rings. The number of benzene rings is 2. The highest BCUT2D eigenvalue weighted by Crippen LogP contribution is 2.24. The first kappa shape index (κ1) is 16.8. The molecule has 0 spiro atoms. The number of hydrogen-bond acceptors (Lipinski definition) is 2. The summed E-state index contributed by atoms with van der Waals surface area (Å²) in [6.07, 6.45) is 0. The lowest BCUT2D eigenvalue weighted by molar-refractivity contribution is -0.118. The summed E-state index contributed by atoms with van der Waals surface area (Å²) >= 11 is 2.19. The average molecular weight is 409 g/mol. The van der Waals surface area contributed by atoms with E-state index in [1.165, 1.54) is 5.56 Å². The fourth-order valence-corrected chi connectivity index (χ4v) is 2.47. The number of anilines is 1. The Hall–Kier alpha value is -1.56. The normalized spacial score (nSPS) is 11.1. The minimum absolute atomic E-state index is 0.000160. The molecular weight excluding hydrogens is 389 g/mol. The Labute approximate surface area is 145 Å². The van der Waals surface area contributed by atoms with Crippen LogP contribution in [0.4, 0.5) is 5.69 Å². The molecule has 0 fully saturated rings. The van der Waals surface area contributed by atoms with E-state index in [0.717, 1.165) is 9.26 Å². The zero-order chi connectivity index (χ0) is 16.2. The number of hydrogen-bond donors (Lipinski definition) is 1. The number of carbonyl (C=O) groups is 1. The van der Waals surface area contributed by atoms with E-state index in [2.05, 4.69) is 48.7 Å². The highest BCUT2D eigenvalue weighted by atomic mass is 127. The summed E-state index contributed by atoms with van der Waals surface area (Å²) < 4.78 is 6.54. The van der Waals surface area contributed by atoms with Gasteiger partial charge in [-0.25, -0.2) is 0 Å². The van der Waals surface area contributed by atoms with Gasteiger partial charge in [-0.15, -0.1) is 0 Å². The minimum atomic E-state index is -0.163. The van der Waals surface area contributed by atoms with Gasteiger partial charge in [0.15, 0.2) is 6.61 Å². The monoisotopic (exact) mass is 409 g/mol. The van der Waals surface area contributed by atoms with E-state index in [9.17, 15) is 4.79 Å². The molecule has 2 aromatic carbocycles. The van der Waals surface area contributed by atoms with E-state index in [4.69, 9.17) is 4.74 Å². The van der Waals surface area contributed by atoms with Gasteiger partial charge in [0.05, 0.1) is 5.69 Å². The number of nitrogens with one attached hydrogen (secondary N) is 1. The maximum Gasteiger partial charge on any atom is 0.262 e. The van der Waals surface area contributed by atoms with Crippen molar-refractivity contribution in [1.29, 1.82) is 0 Å². The lowest BCUT2D eigenvalue weighted by atomic mass is 9.87. The zero-order valence-corrected chi connectivity index (χ0v) is 15.2. The van der Waals surface area contributed by atoms with Crippen LogP contribution in [-0.4, -0.2) is 12.5 Å². The molecule has 4 heteroatoms. The molecule has 0 heterocycles. The van der Waals surface area contributed by atoms with Gasteiger partial charge in [-0.3, -0.25) is 4.79 Å². The van der Waals surface area contributed by atoms with E-state index in [-0.39, 0.29) is 17.9 Å². The summed E-state index contributed by atoms with van der Waals surface area (Å²) in [7, 11) is 0. The lowest BCUT2D eigenvalue weighted by Crippen LogP contribution is -2.20. The summed E-state index contributed by atoms with van der Waals surface area (Å²) in [6, 6.07) is 15.5. The topological polar surface area (TPSA) is 38.3 Å². The summed E-state index contributed by atoms with van der Waals surface area (Å²) in [6.45, 7) is 6.49. The Bertz CT molecular complexity index is 645. The van der Waals surface area contributed by atoms with E-state index in [1.807, 2.05) is 48.5 Å². The highest BCUT2D eigenvalue weighted by molar-refractivity contribution is 14.1. The van der Waals surface area contributed by atoms with Crippen molar-refractivity contribution < 1.29 is 9.53 Å². The first-order valence-electron chi connectivity index (χ1n) is 7.14. The van der Waals surface area contributed by atoms with Gasteiger partial charge in [-0.2, -0.15) is 0 Å². The van der Waals surface area contributed by atoms with Crippen molar-refractivity contribution in [3.63, 3.8) is 0 Å². The van der Waals surface area contributed by atoms with Crippen molar-refractivity contribution in [2.24, 2.45) is 0 Å². The molecule has 1 N–H and O–H groups in total. The first-order chi connectivity index (χ1) is 10.4. The summed E-state index contributed by atoms with van der Waals surface area (Å²) in [5.74, 6) is 0.537. The fraction of sp³-hybridized carbons (Fsp3) is 0.278. The Balaban J connectivity index is 1.90. The van der Waals surface area contributed by atoms with Crippen molar-refractivity contribution in [3.05, 3.63) is 57.7 Å². The Morgan fingerprint density at radius 2 is 1.73 bits per heavy atom. The Morgan fingerprint density at radius 3 is 2.32 bits per heavy atom. The highest BCUT2D eigenvalue weighted by Gasteiger charge is 2.13. The van der Waals surface area contributed by atoms with Crippen LogP contribution in [0.25, 0.3) is 0 Å². The molecule has 3 nitrogen and oxygen atoms in total. The summed E-state index contributed by atoms with van der Waals surface area (Å²) in [5, 5.41) is 2.84. The van der Waals surface area contributed by atoms with E-state index in [1.54, 1.807) is 0 Å². The van der Waals surface area contributed by atoms with Gasteiger partial charge in [0.2, 0.25) is 0 Å². The molecule has 0 aliphatic heterocycles. The Morgan fingerprint density at radius 1 is 1.09 bits per heavy atom. The van der Waals surface area contributed by atoms with Crippen molar-refractivity contribution in [1.82, 2.24) is 0 Å². The maximum atomic E-state index is 11.9. The molecule has 1 amide bonds. The van der Waals surface area contributed by atoms with Crippen LogP contribution < -0.4 is 10.1 Å². The predicted molar refractivity (Wildman–Crippen MR) is 98.4 cm³/mol. The number of carbonyl (C=O) groups excluding carboxylic acids is 1. The smallest absolute Gasteiger partial charge is 0.262 e. The van der Waals surface area contributed by atoms with E-state index >= 15 is 0 Å². The van der Waals surface area contributed by atoms with Crippen LogP contribution in [0.15, 0.2) is 48.5 Å². The SMILES string of the molecule is CC(C)(C)c1ccc(OCC(=O)Nc2ccccc2I)cc1. The van der Waals surface area contributed by atoms with Crippen molar-refractivity contribution in [2.75, 3.05) is 11.9 Å². The summed E-state index contributed by atoms with van der Waals surface area (Å²) in [4.78, 5) is 11.9. The van der Waals surface area contributed by atoms with Gasteiger partial charge in [0.25, 0.3) is 5.91 Å². The van der Waals surface area contributed by atoms with Crippen LogP contribution in [0, 0.1) is 3.57 Å². The van der Waals surface area contributed by atoms with Gasteiger partial charge in [0, 0.05) is 3.57 Å². The third-order valence-electron chi connectivity index (χ3n) is 3.24. The van der Waals surface area contributed by atoms with Gasteiger partial charge >= 0.3 is 0 Å². The van der Waals surface area contributed by atoms with Crippen LogP contribution in [-0.2, 0) is 10.2 Å². The van der Waals surface area contributed by atoms with Crippen molar-refractivity contribution in [2.45, 2.75) is 26.2 Å². The first-order valence-corrected chi connectivity index (χ1v) is 8.22. The number of ether oxygens (including phenoxy) is 1. The van der Waals surface area contributed by atoms with Crippen LogP contribution in [0.2, 0.25) is 0 Å². The zero-order valence-electron chi connectivity index (χ0n) is 13.0. The number of rotatable bonds is 4. The minimum Gasteiger partial charge on any atom is -0.484 e. The number of para-hydroxylation sites is 1. The number of halogens is 1. The van der Waals surface area contributed by atoms with Crippen molar-refractivity contribution in [3.8, 4) is 5.75 Å². The third-order valence-corrected chi connectivity index (χ3v) is 4.18. The number of amides is 1. The molecule has 116 valence electrons. The molecule has 0 saturated heterocycles. The third kappa shape index (κ3) is 4.73. The predicted octanol–water partition coefficient (Wildman–Crippen LogP) is 4.61. The van der Waals surface area contributed by atoms with Crippen LogP contribution in [0.5, 0.6) is 5.75 Å². The molecule has 0 radical (unpaired) electrons. The molecule has 0 aromatic heterocycles. The van der Waals surface area contributed by atoms with Crippen LogP contribution in [0.3, 0.4) is 0 Å². The molecule has 0 aliphatic carbocycles. The summed E-state index contributed by atoms with van der Waals surface area (Å²) in [5.41, 5.74) is 2.16. The molecule has 0 atom stereocenters. The molecule has 0 saturated carbocycles. The fourth-order valence-electron chi connectivity index (χ4n) is 1.95. The van der Waals surface area contributed by atoms with Gasteiger partial charge in [-0.1, -0.05) is 45.0 Å². The molecule has 22 heavy (non-hydrogen) atoms. The molecule has 2 rings (SSSR count).